The van der Waals surface area contributed by atoms with E-state index in [1.807, 2.05) is 42.5 Å². The SMILES string of the molecule is COc1ccc(Sc2ccccc2C=NNc2nc(N)cs2)cc1. The largest absolute Gasteiger partial charge is 0.497 e. The van der Waals surface area contributed by atoms with Crippen LogP contribution in [0.4, 0.5) is 10.9 Å². The van der Waals surface area contributed by atoms with Gasteiger partial charge >= 0.3 is 0 Å². The molecule has 0 radical (unpaired) electrons. The van der Waals surface area contributed by atoms with Gasteiger partial charge in [-0.1, -0.05) is 30.0 Å². The standard InChI is InChI=1S/C17H16N4OS2/c1-22-13-6-8-14(9-7-13)24-15-5-3-2-4-12(15)10-19-21-17-20-16(18)11-23-17/h2-11H,18H2,1H3,(H,20,21). The molecule has 0 bridgehead atoms. The second kappa shape index (κ2) is 7.85. The molecule has 5 nitrogen and oxygen atoms in total. The molecule has 1 heterocycles. The summed E-state index contributed by atoms with van der Waals surface area (Å²) in [4.78, 5) is 6.36. The van der Waals surface area contributed by atoms with Gasteiger partial charge in [-0.3, -0.25) is 5.43 Å². The molecular formula is C17H16N4OS2. The number of thiazole rings is 1. The summed E-state index contributed by atoms with van der Waals surface area (Å²) in [6.45, 7) is 0. The maximum atomic E-state index is 5.59. The molecule has 2 aromatic carbocycles. The molecule has 0 saturated heterocycles. The fraction of sp³-hybridized carbons (Fsp3) is 0.0588. The molecule has 0 fully saturated rings. The average Bonchev–Trinajstić information content (AvgIpc) is 3.02. The van der Waals surface area contributed by atoms with Crippen molar-refractivity contribution < 1.29 is 4.74 Å². The molecule has 3 rings (SSSR count). The minimum Gasteiger partial charge on any atom is -0.497 e. The Morgan fingerprint density at radius 2 is 2.00 bits per heavy atom. The Bertz CT molecular complexity index is 831. The van der Waals surface area contributed by atoms with Crippen molar-refractivity contribution in [3.63, 3.8) is 0 Å². The molecule has 3 N–H and O–H groups in total. The first-order valence-electron chi connectivity index (χ1n) is 7.15. The second-order valence-electron chi connectivity index (χ2n) is 4.76. The zero-order valence-corrected chi connectivity index (χ0v) is 14.6. The van der Waals surface area contributed by atoms with E-state index in [9.17, 15) is 0 Å². The maximum absolute atomic E-state index is 5.59. The van der Waals surface area contributed by atoms with Gasteiger partial charge in [-0.05, 0) is 30.3 Å². The third-order valence-corrected chi connectivity index (χ3v) is 4.96. The highest BCUT2D eigenvalue weighted by Crippen LogP contribution is 2.30. The van der Waals surface area contributed by atoms with Gasteiger partial charge in [0.05, 0.1) is 13.3 Å². The molecule has 0 aliphatic rings. The third kappa shape index (κ3) is 4.27. The van der Waals surface area contributed by atoms with Crippen LogP contribution in [0.1, 0.15) is 5.56 Å². The van der Waals surface area contributed by atoms with E-state index < -0.39 is 0 Å². The molecule has 0 atom stereocenters. The molecule has 1 aromatic heterocycles. The van der Waals surface area contributed by atoms with Crippen LogP contribution in [-0.4, -0.2) is 18.3 Å². The average molecular weight is 356 g/mol. The molecule has 7 heteroatoms. The molecule has 0 spiro atoms. The number of hydrogen-bond acceptors (Lipinski definition) is 7. The molecule has 0 amide bonds. The number of anilines is 2. The fourth-order valence-corrected chi connectivity index (χ4v) is 3.41. The van der Waals surface area contributed by atoms with Gasteiger partial charge in [0, 0.05) is 20.7 Å². The van der Waals surface area contributed by atoms with Crippen molar-refractivity contribution in [3.05, 3.63) is 59.5 Å². The number of aromatic nitrogens is 1. The van der Waals surface area contributed by atoms with E-state index >= 15 is 0 Å². The number of methoxy groups -OCH3 is 1. The highest BCUT2D eigenvalue weighted by molar-refractivity contribution is 7.99. The molecule has 0 aliphatic carbocycles. The summed E-state index contributed by atoms with van der Waals surface area (Å²) < 4.78 is 5.19. The van der Waals surface area contributed by atoms with Crippen molar-refractivity contribution in [3.8, 4) is 5.75 Å². The van der Waals surface area contributed by atoms with Crippen LogP contribution in [0.5, 0.6) is 5.75 Å². The zero-order valence-electron chi connectivity index (χ0n) is 13.0. The molecule has 122 valence electrons. The number of benzene rings is 2. The fourth-order valence-electron chi connectivity index (χ4n) is 1.95. The molecule has 3 aromatic rings. The van der Waals surface area contributed by atoms with Crippen molar-refractivity contribution in [1.82, 2.24) is 4.98 Å². The summed E-state index contributed by atoms with van der Waals surface area (Å²) in [5.74, 6) is 1.34. The Balaban J connectivity index is 1.72. The summed E-state index contributed by atoms with van der Waals surface area (Å²) >= 11 is 3.09. The van der Waals surface area contributed by atoms with Crippen LogP contribution in [0, 0.1) is 0 Å². The zero-order chi connectivity index (χ0) is 16.8. The smallest absolute Gasteiger partial charge is 0.205 e. The Hall–Kier alpha value is -2.51. The van der Waals surface area contributed by atoms with E-state index in [1.165, 1.54) is 11.3 Å². The number of rotatable bonds is 6. The van der Waals surface area contributed by atoms with E-state index in [4.69, 9.17) is 10.5 Å². The number of nitrogen functional groups attached to an aromatic ring is 1. The minimum absolute atomic E-state index is 0.494. The van der Waals surface area contributed by atoms with Crippen molar-refractivity contribution in [2.45, 2.75) is 9.79 Å². The quantitative estimate of drug-likeness (QED) is 0.508. The normalized spacial score (nSPS) is 10.9. The van der Waals surface area contributed by atoms with Gasteiger partial charge in [0.2, 0.25) is 5.13 Å². The van der Waals surface area contributed by atoms with Crippen LogP contribution in [0.2, 0.25) is 0 Å². The van der Waals surface area contributed by atoms with Crippen molar-refractivity contribution in [2.24, 2.45) is 5.10 Å². The topological polar surface area (TPSA) is 72.5 Å². The lowest BCUT2D eigenvalue weighted by molar-refractivity contribution is 0.414. The molecule has 0 saturated carbocycles. The van der Waals surface area contributed by atoms with Crippen LogP contribution in [0.3, 0.4) is 0 Å². The number of nitrogens with two attached hydrogens (primary N) is 1. The van der Waals surface area contributed by atoms with Gasteiger partial charge < -0.3 is 10.5 Å². The van der Waals surface area contributed by atoms with Gasteiger partial charge in [-0.25, -0.2) is 4.98 Å². The van der Waals surface area contributed by atoms with Crippen LogP contribution in [0.15, 0.2) is 68.8 Å². The summed E-state index contributed by atoms with van der Waals surface area (Å²) in [5, 5.41) is 6.68. The first-order valence-corrected chi connectivity index (χ1v) is 8.85. The predicted molar refractivity (Wildman–Crippen MR) is 101 cm³/mol. The highest BCUT2D eigenvalue weighted by Gasteiger charge is 2.03. The van der Waals surface area contributed by atoms with Crippen molar-refractivity contribution in [2.75, 3.05) is 18.3 Å². The number of hydrazone groups is 1. The van der Waals surface area contributed by atoms with Gasteiger partial charge in [0.25, 0.3) is 0 Å². The van der Waals surface area contributed by atoms with Crippen LogP contribution in [-0.2, 0) is 0 Å². The number of nitrogens with one attached hydrogen (secondary N) is 1. The first-order chi connectivity index (χ1) is 11.7. The minimum atomic E-state index is 0.494. The summed E-state index contributed by atoms with van der Waals surface area (Å²) in [7, 11) is 1.66. The predicted octanol–water partition coefficient (Wildman–Crippen LogP) is 4.33. The number of nitrogens with zero attached hydrogens (tertiary/aromatic N) is 2. The highest BCUT2D eigenvalue weighted by atomic mass is 32.2. The lowest BCUT2D eigenvalue weighted by atomic mass is 10.2. The molecule has 0 aliphatic heterocycles. The van der Waals surface area contributed by atoms with Crippen LogP contribution in [0.25, 0.3) is 0 Å². The van der Waals surface area contributed by atoms with E-state index in [-0.39, 0.29) is 0 Å². The lowest BCUT2D eigenvalue weighted by Crippen LogP contribution is -1.92. The van der Waals surface area contributed by atoms with E-state index in [0.717, 1.165) is 21.1 Å². The van der Waals surface area contributed by atoms with Crippen molar-refractivity contribution in [1.29, 1.82) is 0 Å². The van der Waals surface area contributed by atoms with E-state index in [0.29, 0.717) is 10.9 Å². The maximum Gasteiger partial charge on any atom is 0.205 e. The monoisotopic (exact) mass is 356 g/mol. The van der Waals surface area contributed by atoms with Gasteiger partial charge in [-0.2, -0.15) is 5.10 Å². The molecule has 24 heavy (non-hydrogen) atoms. The Morgan fingerprint density at radius 3 is 2.71 bits per heavy atom. The van der Waals surface area contributed by atoms with Crippen molar-refractivity contribution >= 4 is 40.3 Å². The van der Waals surface area contributed by atoms with Gasteiger partial charge in [0.1, 0.15) is 11.6 Å². The summed E-state index contributed by atoms with van der Waals surface area (Å²) in [5.41, 5.74) is 9.50. The van der Waals surface area contributed by atoms with Gasteiger partial charge in [-0.15, -0.1) is 11.3 Å². The Kier molecular flexibility index (Phi) is 5.35. The summed E-state index contributed by atoms with van der Waals surface area (Å²) in [6.07, 6.45) is 1.78. The summed E-state index contributed by atoms with van der Waals surface area (Å²) in [6, 6.07) is 16.1. The Morgan fingerprint density at radius 1 is 1.21 bits per heavy atom. The second-order valence-corrected chi connectivity index (χ2v) is 6.74. The van der Waals surface area contributed by atoms with Crippen LogP contribution >= 0.6 is 23.1 Å². The molecule has 0 unspecified atom stereocenters. The Labute approximate surface area is 148 Å². The third-order valence-electron chi connectivity index (χ3n) is 3.09. The number of hydrogen-bond donors (Lipinski definition) is 2. The lowest BCUT2D eigenvalue weighted by Gasteiger charge is -2.06. The van der Waals surface area contributed by atoms with E-state index in [2.05, 4.69) is 21.6 Å². The molecular weight excluding hydrogens is 340 g/mol. The van der Waals surface area contributed by atoms with E-state index in [1.54, 1.807) is 30.5 Å². The number of ether oxygens (including phenoxy) is 1. The first kappa shape index (κ1) is 16.4. The van der Waals surface area contributed by atoms with Crippen LogP contribution < -0.4 is 15.9 Å². The van der Waals surface area contributed by atoms with Gasteiger partial charge in [0.15, 0.2) is 0 Å².